The molecule has 0 atom stereocenters. The minimum atomic E-state index is -1.14. The van der Waals surface area contributed by atoms with Gasteiger partial charge in [-0.15, -0.1) is 0 Å². The molecule has 1 aromatic carbocycles. The first-order valence-corrected chi connectivity index (χ1v) is 4.55. The number of carboxylic acids is 1. The molecule has 0 spiro atoms. The summed E-state index contributed by atoms with van der Waals surface area (Å²) in [6, 6.07) is 2.35. The molecule has 0 heterocycles. The van der Waals surface area contributed by atoms with Crippen molar-refractivity contribution in [2.45, 2.75) is 13.5 Å². The zero-order valence-electron chi connectivity index (χ0n) is 8.32. The Morgan fingerprint density at radius 2 is 2.07 bits per heavy atom. The molecule has 0 saturated carbocycles. The monoisotopic (exact) mass is 211 g/mol. The third kappa shape index (κ3) is 2.60. The maximum Gasteiger partial charge on any atom is 0.335 e. The number of rotatable bonds is 4. The molecule has 0 bridgehead atoms. The summed E-state index contributed by atoms with van der Waals surface area (Å²) in [5.41, 5.74) is 0.326. The van der Waals surface area contributed by atoms with Crippen molar-refractivity contribution < 1.29 is 20.1 Å². The van der Waals surface area contributed by atoms with E-state index < -0.39 is 11.7 Å². The average molecular weight is 211 g/mol. The van der Waals surface area contributed by atoms with Crippen molar-refractivity contribution in [2.24, 2.45) is 0 Å². The molecule has 0 aliphatic heterocycles. The molecule has 5 heteroatoms. The lowest BCUT2D eigenvalue weighted by Gasteiger charge is -2.08. The van der Waals surface area contributed by atoms with Crippen LogP contribution in [0.25, 0.3) is 0 Å². The smallest absolute Gasteiger partial charge is 0.335 e. The fourth-order valence-corrected chi connectivity index (χ4v) is 1.20. The van der Waals surface area contributed by atoms with Gasteiger partial charge in [0.05, 0.1) is 5.56 Å². The number of phenolic OH excluding ortho intramolecular Hbond substituents is 2. The molecule has 4 N–H and O–H groups in total. The Bertz CT molecular complexity index is 376. The lowest BCUT2D eigenvalue weighted by atomic mass is 10.1. The maximum absolute atomic E-state index is 10.7. The normalized spacial score (nSPS) is 10.2. The Hall–Kier alpha value is -1.75. The van der Waals surface area contributed by atoms with E-state index in [2.05, 4.69) is 5.32 Å². The molecule has 0 aliphatic carbocycles. The summed E-state index contributed by atoms with van der Waals surface area (Å²) in [6.07, 6.45) is 0. The van der Waals surface area contributed by atoms with Gasteiger partial charge in [0.15, 0.2) is 11.5 Å². The summed E-state index contributed by atoms with van der Waals surface area (Å²) in [7, 11) is 0. The maximum atomic E-state index is 10.7. The Morgan fingerprint density at radius 3 is 2.60 bits per heavy atom. The van der Waals surface area contributed by atoms with E-state index in [1.165, 1.54) is 6.07 Å². The van der Waals surface area contributed by atoms with E-state index in [4.69, 9.17) is 5.11 Å². The summed E-state index contributed by atoms with van der Waals surface area (Å²) in [6.45, 7) is 2.90. The fraction of sp³-hybridized carbons (Fsp3) is 0.300. The highest BCUT2D eigenvalue weighted by molar-refractivity contribution is 5.88. The van der Waals surface area contributed by atoms with Gasteiger partial charge >= 0.3 is 5.97 Å². The van der Waals surface area contributed by atoms with Crippen molar-refractivity contribution >= 4 is 5.97 Å². The predicted molar refractivity (Wildman–Crippen MR) is 54.1 cm³/mol. The lowest BCUT2D eigenvalue weighted by Crippen LogP contribution is -2.12. The predicted octanol–water partition coefficient (Wildman–Crippen LogP) is 0.905. The average Bonchev–Trinajstić information content (AvgIpc) is 2.19. The van der Waals surface area contributed by atoms with Crippen LogP contribution in [0.15, 0.2) is 12.1 Å². The van der Waals surface area contributed by atoms with Crippen LogP contribution >= 0.6 is 0 Å². The van der Waals surface area contributed by atoms with Crippen molar-refractivity contribution in [3.05, 3.63) is 23.3 Å². The van der Waals surface area contributed by atoms with E-state index in [9.17, 15) is 15.0 Å². The summed E-state index contributed by atoms with van der Waals surface area (Å²) >= 11 is 0. The Labute approximate surface area is 87.0 Å². The third-order valence-electron chi connectivity index (χ3n) is 1.98. The van der Waals surface area contributed by atoms with Crippen LogP contribution in [0.3, 0.4) is 0 Å². The lowest BCUT2D eigenvalue weighted by molar-refractivity contribution is 0.0696. The van der Waals surface area contributed by atoms with Crippen molar-refractivity contribution in [2.75, 3.05) is 6.54 Å². The number of carbonyl (C=O) groups is 1. The molecular formula is C10H13NO4. The number of phenols is 2. The summed E-state index contributed by atoms with van der Waals surface area (Å²) < 4.78 is 0. The second-order valence-electron chi connectivity index (χ2n) is 3.09. The van der Waals surface area contributed by atoms with Gasteiger partial charge in [-0.3, -0.25) is 0 Å². The fourth-order valence-electron chi connectivity index (χ4n) is 1.20. The van der Waals surface area contributed by atoms with Gasteiger partial charge in [-0.2, -0.15) is 0 Å². The molecule has 1 aromatic rings. The largest absolute Gasteiger partial charge is 0.504 e. The SMILES string of the molecule is CCNCc1cc(C(=O)O)cc(O)c1O. The number of aromatic hydroxyl groups is 2. The van der Waals surface area contributed by atoms with Gasteiger partial charge in [0, 0.05) is 12.1 Å². The summed E-state index contributed by atoms with van der Waals surface area (Å²) in [5, 5.41) is 30.4. The highest BCUT2D eigenvalue weighted by atomic mass is 16.4. The summed E-state index contributed by atoms with van der Waals surface area (Å²) in [4.78, 5) is 10.7. The van der Waals surface area contributed by atoms with Gasteiger partial charge in [0.1, 0.15) is 0 Å². The topological polar surface area (TPSA) is 89.8 Å². The van der Waals surface area contributed by atoms with Gasteiger partial charge in [-0.1, -0.05) is 6.92 Å². The highest BCUT2D eigenvalue weighted by Crippen LogP contribution is 2.30. The van der Waals surface area contributed by atoms with Crippen molar-refractivity contribution in [1.82, 2.24) is 5.32 Å². The van der Waals surface area contributed by atoms with Crippen LogP contribution in [0.5, 0.6) is 11.5 Å². The van der Waals surface area contributed by atoms with Gasteiger partial charge in [-0.05, 0) is 18.7 Å². The number of carboxylic acid groups (broad SMARTS) is 1. The van der Waals surface area contributed by atoms with Crippen LogP contribution < -0.4 is 5.32 Å². The molecule has 0 aliphatic rings. The minimum absolute atomic E-state index is 0.0433. The zero-order chi connectivity index (χ0) is 11.4. The molecule has 1 rings (SSSR count). The van der Waals surface area contributed by atoms with Crippen molar-refractivity contribution in [3.8, 4) is 11.5 Å². The van der Waals surface area contributed by atoms with Crippen LogP contribution in [-0.2, 0) is 6.54 Å². The molecule has 82 valence electrons. The van der Waals surface area contributed by atoms with Gasteiger partial charge in [0.2, 0.25) is 0 Å². The Morgan fingerprint density at radius 1 is 1.40 bits per heavy atom. The van der Waals surface area contributed by atoms with E-state index in [1.54, 1.807) is 0 Å². The molecule has 0 unspecified atom stereocenters. The molecule has 0 saturated heterocycles. The van der Waals surface area contributed by atoms with Crippen LogP contribution in [0.1, 0.15) is 22.8 Å². The number of hydrogen-bond donors (Lipinski definition) is 4. The van der Waals surface area contributed by atoms with Crippen LogP contribution in [0.4, 0.5) is 0 Å². The van der Waals surface area contributed by atoms with E-state index in [0.29, 0.717) is 18.7 Å². The van der Waals surface area contributed by atoms with Crippen LogP contribution in [-0.4, -0.2) is 27.8 Å². The van der Waals surface area contributed by atoms with Crippen LogP contribution in [0.2, 0.25) is 0 Å². The number of nitrogens with one attached hydrogen (secondary N) is 1. The number of aromatic carboxylic acids is 1. The van der Waals surface area contributed by atoms with Crippen molar-refractivity contribution in [3.63, 3.8) is 0 Å². The highest BCUT2D eigenvalue weighted by Gasteiger charge is 2.12. The van der Waals surface area contributed by atoms with Crippen LogP contribution in [0, 0.1) is 0 Å². The standard InChI is InChI=1S/C10H13NO4/c1-2-11-5-7-3-6(10(14)15)4-8(12)9(7)13/h3-4,11-13H,2,5H2,1H3,(H,14,15). The molecule has 0 fully saturated rings. The second kappa shape index (κ2) is 4.65. The molecule has 0 amide bonds. The molecule has 0 aromatic heterocycles. The third-order valence-corrected chi connectivity index (χ3v) is 1.98. The van der Waals surface area contributed by atoms with Gasteiger partial charge in [0.25, 0.3) is 0 Å². The molecule has 15 heavy (non-hydrogen) atoms. The first-order chi connectivity index (χ1) is 7.06. The van der Waals surface area contributed by atoms with Crippen molar-refractivity contribution in [1.29, 1.82) is 0 Å². The zero-order valence-corrected chi connectivity index (χ0v) is 8.32. The molecule has 0 radical (unpaired) electrons. The first-order valence-electron chi connectivity index (χ1n) is 4.55. The van der Waals surface area contributed by atoms with E-state index in [1.807, 2.05) is 6.92 Å². The Balaban J connectivity index is 3.07. The van der Waals surface area contributed by atoms with Gasteiger partial charge in [-0.25, -0.2) is 4.79 Å². The second-order valence-corrected chi connectivity index (χ2v) is 3.09. The van der Waals surface area contributed by atoms with E-state index in [0.717, 1.165) is 6.07 Å². The number of benzene rings is 1. The summed E-state index contributed by atoms with van der Waals surface area (Å²) in [5.74, 6) is -1.83. The minimum Gasteiger partial charge on any atom is -0.504 e. The number of hydrogen-bond acceptors (Lipinski definition) is 4. The first kappa shape index (κ1) is 11.3. The van der Waals surface area contributed by atoms with E-state index >= 15 is 0 Å². The Kier molecular flexibility index (Phi) is 3.51. The quantitative estimate of drug-likeness (QED) is 0.556. The van der Waals surface area contributed by atoms with Gasteiger partial charge < -0.3 is 20.6 Å². The molecular weight excluding hydrogens is 198 g/mol. The van der Waals surface area contributed by atoms with E-state index in [-0.39, 0.29) is 11.3 Å². The molecule has 5 nitrogen and oxygen atoms in total.